The molecule has 1 aliphatic rings. The van der Waals surface area contributed by atoms with Gasteiger partial charge in [-0.3, -0.25) is 9.89 Å². The summed E-state index contributed by atoms with van der Waals surface area (Å²) in [5.41, 5.74) is 6.25. The van der Waals surface area contributed by atoms with Gasteiger partial charge in [0.1, 0.15) is 12.3 Å². The fraction of sp³-hybridized carbons (Fsp3) is 0.241. The summed E-state index contributed by atoms with van der Waals surface area (Å²) >= 11 is 0. The number of nitrogens with zero attached hydrogens (tertiary/aromatic N) is 2. The zero-order chi connectivity index (χ0) is 25.1. The van der Waals surface area contributed by atoms with Crippen LogP contribution in [0.25, 0.3) is 11.3 Å². The number of hydrogen-bond donors (Lipinski definition) is 1. The summed E-state index contributed by atoms with van der Waals surface area (Å²) < 4.78 is 17.1. The smallest absolute Gasteiger partial charge is 0.273 e. The molecule has 1 unspecified atom stereocenters. The molecule has 36 heavy (non-hydrogen) atoms. The predicted molar refractivity (Wildman–Crippen MR) is 137 cm³/mol. The number of H-pyrrole nitrogens is 1. The van der Waals surface area contributed by atoms with E-state index in [4.69, 9.17) is 14.2 Å². The number of carbonyl (C=O) groups excluding carboxylic acids is 1. The number of aromatic amines is 1. The predicted octanol–water partition coefficient (Wildman–Crippen LogP) is 5.16. The second-order valence-electron chi connectivity index (χ2n) is 8.81. The Balaban J connectivity index is 1.53. The Morgan fingerprint density at radius 1 is 0.972 bits per heavy atom. The molecule has 1 atom stereocenters. The summed E-state index contributed by atoms with van der Waals surface area (Å²) in [6.07, 6.45) is 0. The summed E-state index contributed by atoms with van der Waals surface area (Å²) in [4.78, 5) is 15.2. The van der Waals surface area contributed by atoms with Crippen molar-refractivity contribution in [2.75, 3.05) is 27.4 Å². The summed E-state index contributed by atoms with van der Waals surface area (Å²) in [5, 5.41) is 7.54. The third kappa shape index (κ3) is 4.45. The van der Waals surface area contributed by atoms with E-state index in [-0.39, 0.29) is 11.9 Å². The Labute approximate surface area is 210 Å². The average molecular weight is 484 g/mol. The lowest BCUT2D eigenvalue weighted by Crippen LogP contribution is -2.32. The van der Waals surface area contributed by atoms with E-state index in [9.17, 15) is 4.79 Å². The molecule has 184 valence electrons. The molecule has 0 saturated carbocycles. The molecule has 0 bridgehead atoms. The molecule has 1 aliphatic heterocycles. The van der Waals surface area contributed by atoms with Crippen molar-refractivity contribution in [3.63, 3.8) is 0 Å². The summed E-state index contributed by atoms with van der Waals surface area (Å²) in [6, 6.07) is 23.6. The number of benzene rings is 3. The van der Waals surface area contributed by atoms with Gasteiger partial charge in [-0.15, -0.1) is 0 Å². The molecule has 0 fully saturated rings. The van der Waals surface area contributed by atoms with Crippen LogP contribution in [-0.4, -0.2) is 48.4 Å². The topological polar surface area (TPSA) is 76.7 Å². The Morgan fingerprint density at radius 3 is 2.47 bits per heavy atom. The van der Waals surface area contributed by atoms with Gasteiger partial charge in [-0.05, 0) is 30.2 Å². The van der Waals surface area contributed by atoms with Crippen LogP contribution in [0.4, 0.5) is 0 Å². The molecule has 0 saturated heterocycles. The number of methoxy groups -OCH3 is 2. The maximum atomic E-state index is 13.4. The van der Waals surface area contributed by atoms with Gasteiger partial charge in [0.15, 0.2) is 11.5 Å². The number of fused-ring (bicyclic) bond motifs is 1. The largest absolute Gasteiger partial charge is 0.493 e. The molecular formula is C29H29N3O4. The molecule has 7 nitrogen and oxygen atoms in total. The summed E-state index contributed by atoms with van der Waals surface area (Å²) in [7, 11) is 3.26. The number of nitrogens with one attached hydrogen (secondary N) is 1. The van der Waals surface area contributed by atoms with Crippen LogP contribution in [0.5, 0.6) is 11.5 Å². The van der Waals surface area contributed by atoms with Gasteiger partial charge < -0.3 is 19.1 Å². The highest BCUT2D eigenvalue weighted by Gasteiger charge is 2.42. The Hall–Kier alpha value is -4.10. The highest BCUT2D eigenvalue weighted by atomic mass is 16.5. The van der Waals surface area contributed by atoms with E-state index in [1.165, 1.54) is 0 Å². The minimum absolute atomic E-state index is 0.0960. The molecule has 1 aromatic heterocycles. The van der Waals surface area contributed by atoms with Crippen LogP contribution in [0.15, 0.2) is 72.8 Å². The number of rotatable bonds is 9. The highest BCUT2D eigenvalue weighted by molar-refractivity contribution is 6.00. The first-order valence-electron chi connectivity index (χ1n) is 11.9. The van der Waals surface area contributed by atoms with Gasteiger partial charge in [0, 0.05) is 24.8 Å². The molecule has 0 radical (unpaired) electrons. The van der Waals surface area contributed by atoms with Crippen LogP contribution >= 0.6 is 0 Å². The van der Waals surface area contributed by atoms with E-state index in [0.29, 0.717) is 37.0 Å². The van der Waals surface area contributed by atoms with Crippen molar-refractivity contribution in [1.29, 1.82) is 0 Å². The summed E-state index contributed by atoms with van der Waals surface area (Å²) in [6.45, 7) is 3.35. The van der Waals surface area contributed by atoms with Gasteiger partial charge >= 0.3 is 0 Å². The van der Waals surface area contributed by atoms with Crippen molar-refractivity contribution in [3.05, 3.63) is 101 Å². The molecule has 1 N–H and O–H groups in total. The third-order valence-corrected chi connectivity index (χ3v) is 6.47. The fourth-order valence-electron chi connectivity index (χ4n) is 4.60. The van der Waals surface area contributed by atoms with Gasteiger partial charge in [0.05, 0.1) is 25.5 Å². The number of amides is 1. The Bertz CT molecular complexity index is 1350. The van der Waals surface area contributed by atoms with Gasteiger partial charge in [-0.2, -0.15) is 5.10 Å². The van der Waals surface area contributed by atoms with Crippen LogP contribution in [0.3, 0.4) is 0 Å². The zero-order valence-corrected chi connectivity index (χ0v) is 20.7. The van der Waals surface area contributed by atoms with Crippen molar-refractivity contribution in [1.82, 2.24) is 15.1 Å². The van der Waals surface area contributed by atoms with Gasteiger partial charge in [0.25, 0.3) is 5.91 Å². The Kier molecular flexibility index (Phi) is 6.73. The van der Waals surface area contributed by atoms with Crippen LogP contribution < -0.4 is 9.47 Å². The van der Waals surface area contributed by atoms with Crippen LogP contribution in [-0.2, 0) is 11.3 Å². The van der Waals surface area contributed by atoms with Gasteiger partial charge in [-0.25, -0.2) is 0 Å². The molecule has 4 aromatic rings. The molecule has 0 spiro atoms. The molecule has 2 heterocycles. The first kappa shape index (κ1) is 23.6. The van der Waals surface area contributed by atoms with E-state index < -0.39 is 0 Å². The molecule has 7 heteroatoms. The highest BCUT2D eigenvalue weighted by Crippen LogP contribution is 2.44. The van der Waals surface area contributed by atoms with Crippen molar-refractivity contribution in [3.8, 4) is 22.8 Å². The molecule has 1 amide bonds. The number of ether oxygens (including phenoxy) is 3. The number of hydrogen-bond acceptors (Lipinski definition) is 5. The van der Waals surface area contributed by atoms with E-state index >= 15 is 0 Å². The Morgan fingerprint density at radius 2 is 1.75 bits per heavy atom. The molecule has 5 rings (SSSR count). The first-order chi connectivity index (χ1) is 17.6. The molecular weight excluding hydrogens is 454 g/mol. The van der Waals surface area contributed by atoms with Crippen LogP contribution in [0, 0.1) is 6.92 Å². The van der Waals surface area contributed by atoms with Crippen molar-refractivity contribution in [2.24, 2.45) is 0 Å². The SMILES string of the molecule is COCCN1C(=O)c2[nH]nc(-c3ccc(C)cc3)c2C1c1ccc(OCc2ccccc2)c(OC)c1. The van der Waals surface area contributed by atoms with Crippen molar-refractivity contribution in [2.45, 2.75) is 19.6 Å². The van der Waals surface area contributed by atoms with Crippen LogP contribution in [0.2, 0.25) is 0 Å². The van der Waals surface area contributed by atoms with E-state index in [1.807, 2.05) is 84.6 Å². The second kappa shape index (κ2) is 10.3. The second-order valence-corrected chi connectivity index (χ2v) is 8.81. The minimum Gasteiger partial charge on any atom is -0.493 e. The van der Waals surface area contributed by atoms with E-state index in [0.717, 1.165) is 33.5 Å². The minimum atomic E-state index is -0.338. The molecule has 0 aliphatic carbocycles. The van der Waals surface area contributed by atoms with E-state index in [1.54, 1.807) is 14.2 Å². The van der Waals surface area contributed by atoms with Crippen molar-refractivity contribution < 1.29 is 19.0 Å². The van der Waals surface area contributed by atoms with Crippen LogP contribution in [0.1, 0.15) is 38.8 Å². The maximum absolute atomic E-state index is 13.4. The summed E-state index contributed by atoms with van der Waals surface area (Å²) in [5.74, 6) is 1.15. The zero-order valence-electron chi connectivity index (χ0n) is 20.7. The molecule has 3 aromatic carbocycles. The first-order valence-corrected chi connectivity index (χ1v) is 11.9. The van der Waals surface area contributed by atoms with Gasteiger partial charge in [0.2, 0.25) is 0 Å². The number of aryl methyl sites for hydroxylation is 1. The number of aromatic nitrogens is 2. The maximum Gasteiger partial charge on any atom is 0.273 e. The van der Waals surface area contributed by atoms with Crippen molar-refractivity contribution >= 4 is 5.91 Å². The normalized spacial score (nSPS) is 14.7. The lowest BCUT2D eigenvalue weighted by Gasteiger charge is -2.26. The standard InChI is InChI=1S/C29H29N3O4/c1-19-9-11-21(12-10-19)26-25-27(31-30-26)29(33)32(15-16-34-2)28(25)22-13-14-23(24(17-22)35-3)36-18-20-7-5-4-6-8-20/h4-14,17,28H,15-16,18H2,1-3H3,(H,30,31). The van der Waals surface area contributed by atoms with E-state index in [2.05, 4.69) is 10.2 Å². The third-order valence-electron chi connectivity index (χ3n) is 6.47. The fourth-order valence-corrected chi connectivity index (χ4v) is 4.60. The average Bonchev–Trinajstić information content (AvgIpc) is 3.46. The monoisotopic (exact) mass is 483 g/mol. The lowest BCUT2D eigenvalue weighted by atomic mass is 9.95. The quantitative estimate of drug-likeness (QED) is 0.356. The lowest BCUT2D eigenvalue weighted by molar-refractivity contribution is 0.0677. The number of carbonyl (C=O) groups is 1. The van der Waals surface area contributed by atoms with Gasteiger partial charge in [-0.1, -0.05) is 66.2 Å².